The Hall–Kier alpha value is -1.89. The Morgan fingerprint density at radius 2 is 2.29 bits per heavy atom. The third-order valence-corrected chi connectivity index (χ3v) is 2.77. The van der Waals surface area contributed by atoms with Crippen LogP contribution in [0.2, 0.25) is 0 Å². The number of nitro groups is 1. The molecular formula is C10H17N5O2. The van der Waals surface area contributed by atoms with Crippen LogP contribution in [0.4, 0.5) is 17.3 Å². The summed E-state index contributed by atoms with van der Waals surface area (Å²) in [5.74, 6) is 6.05. The number of pyridine rings is 1. The molecule has 0 aliphatic heterocycles. The number of nitrogens with zero attached hydrogens (tertiary/aromatic N) is 3. The molecule has 0 spiro atoms. The van der Waals surface area contributed by atoms with Gasteiger partial charge in [-0.05, 0) is 13.3 Å². The van der Waals surface area contributed by atoms with Gasteiger partial charge >= 0.3 is 0 Å². The lowest BCUT2D eigenvalue weighted by atomic mass is 10.2. The van der Waals surface area contributed by atoms with Crippen molar-refractivity contribution in [3.8, 4) is 0 Å². The van der Waals surface area contributed by atoms with Gasteiger partial charge in [-0.1, -0.05) is 6.92 Å². The Morgan fingerprint density at radius 1 is 1.65 bits per heavy atom. The quantitative estimate of drug-likeness (QED) is 0.459. The summed E-state index contributed by atoms with van der Waals surface area (Å²) in [6.45, 7) is 4.07. The van der Waals surface area contributed by atoms with Crippen LogP contribution in [0, 0.1) is 10.1 Å². The molecule has 0 aromatic carbocycles. The highest BCUT2D eigenvalue weighted by atomic mass is 16.6. The second-order valence-corrected chi connectivity index (χ2v) is 3.84. The fourth-order valence-corrected chi connectivity index (χ4v) is 1.36. The van der Waals surface area contributed by atoms with Crippen LogP contribution in [0.5, 0.6) is 0 Å². The van der Waals surface area contributed by atoms with Gasteiger partial charge in [-0.3, -0.25) is 10.1 Å². The van der Waals surface area contributed by atoms with Gasteiger partial charge in [0.25, 0.3) is 5.69 Å². The molecule has 7 heteroatoms. The molecule has 0 aliphatic rings. The van der Waals surface area contributed by atoms with E-state index in [2.05, 4.69) is 10.4 Å². The minimum Gasteiger partial charge on any atom is -0.357 e. The average Bonchev–Trinajstić information content (AvgIpc) is 2.36. The topological polar surface area (TPSA) is 97.3 Å². The zero-order valence-corrected chi connectivity index (χ0v) is 10.2. The highest BCUT2D eigenvalue weighted by Gasteiger charge is 2.15. The lowest BCUT2D eigenvalue weighted by Gasteiger charge is -2.24. The Kier molecular flexibility index (Phi) is 4.22. The maximum Gasteiger partial charge on any atom is 0.276 e. The summed E-state index contributed by atoms with van der Waals surface area (Å²) in [6.07, 6.45) is 0.923. The van der Waals surface area contributed by atoms with Gasteiger partial charge in [0.1, 0.15) is 11.6 Å². The Bertz CT molecular complexity index is 410. The highest BCUT2D eigenvalue weighted by molar-refractivity contribution is 5.55. The lowest BCUT2D eigenvalue weighted by molar-refractivity contribution is -0.384. The minimum absolute atomic E-state index is 0.0295. The second-order valence-electron chi connectivity index (χ2n) is 3.84. The van der Waals surface area contributed by atoms with Crippen molar-refractivity contribution in [2.24, 2.45) is 5.84 Å². The SMILES string of the molecule is CCC(C)N(C)c1cc([N+](=O)[O-])cc(NN)n1. The molecule has 0 bridgehead atoms. The van der Waals surface area contributed by atoms with Crippen molar-refractivity contribution in [1.82, 2.24) is 4.98 Å². The first kappa shape index (κ1) is 13.2. The van der Waals surface area contributed by atoms with Crippen LogP contribution in [0.15, 0.2) is 12.1 Å². The Morgan fingerprint density at radius 3 is 2.76 bits per heavy atom. The van der Waals surface area contributed by atoms with E-state index in [1.165, 1.54) is 12.1 Å². The first-order valence-corrected chi connectivity index (χ1v) is 5.35. The number of hydrogen-bond acceptors (Lipinski definition) is 6. The molecular weight excluding hydrogens is 222 g/mol. The van der Waals surface area contributed by atoms with Crippen LogP contribution in [-0.2, 0) is 0 Å². The van der Waals surface area contributed by atoms with Crippen LogP contribution < -0.4 is 16.2 Å². The molecule has 0 radical (unpaired) electrons. The summed E-state index contributed by atoms with van der Waals surface area (Å²) in [6, 6.07) is 2.98. The number of hydrogen-bond donors (Lipinski definition) is 2. The van der Waals surface area contributed by atoms with Crippen molar-refractivity contribution in [2.45, 2.75) is 26.3 Å². The molecule has 1 rings (SSSR count). The molecule has 7 nitrogen and oxygen atoms in total. The minimum atomic E-state index is -0.462. The molecule has 3 N–H and O–H groups in total. The molecule has 1 atom stereocenters. The standard InChI is InChI=1S/C10H17N5O2/c1-4-7(2)14(3)10-6-8(15(16)17)5-9(12-10)13-11/h5-7H,4,11H2,1-3H3,(H,12,13). The van der Waals surface area contributed by atoms with Crippen molar-refractivity contribution in [2.75, 3.05) is 17.4 Å². The Balaban J connectivity index is 3.14. The maximum atomic E-state index is 10.8. The van der Waals surface area contributed by atoms with Crippen LogP contribution in [0.25, 0.3) is 0 Å². The van der Waals surface area contributed by atoms with Crippen molar-refractivity contribution in [1.29, 1.82) is 0 Å². The van der Waals surface area contributed by atoms with E-state index < -0.39 is 4.92 Å². The summed E-state index contributed by atoms with van der Waals surface area (Å²) < 4.78 is 0. The lowest BCUT2D eigenvalue weighted by Crippen LogP contribution is -2.29. The van der Waals surface area contributed by atoms with Gasteiger partial charge < -0.3 is 10.3 Å². The van der Waals surface area contributed by atoms with Gasteiger partial charge in [-0.15, -0.1) is 0 Å². The number of hydrazine groups is 1. The fourth-order valence-electron chi connectivity index (χ4n) is 1.36. The van der Waals surface area contributed by atoms with Gasteiger partial charge in [0, 0.05) is 13.1 Å². The number of aromatic nitrogens is 1. The molecule has 0 fully saturated rings. The summed E-state index contributed by atoms with van der Waals surface area (Å²) in [4.78, 5) is 16.4. The number of rotatable bonds is 5. The van der Waals surface area contributed by atoms with Crippen LogP contribution >= 0.6 is 0 Å². The normalized spacial score (nSPS) is 12.0. The average molecular weight is 239 g/mol. The molecule has 94 valence electrons. The van der Waals surface area contributed by atoms with E-state index >= 15 is 0 Å². The van der Waals surface area contributed by atoms with Crippen molar-refractivity contribution in [3.05, 3.63) is 22.2 Å². The molecule has 0 amide bonds. The van der Waals surface area contributed by atoms with Crippen molar-refractivity contribution < 1.29 is 4.92 Å². The molecule has 0 aliphatic carbocycles. The molecule has 1 unspecified atom stereocenters. The molecule has 1 aromatic heterocycles. The van der Waals surface area contributed by atoms with E-state index in [4.69, 9.17) is 5.84 Å². The van der Waals surface area contributed by atoms with E-state index in [9.17, 15) is 10.1 Å². The van der Waals surface area contributed by atoms with Gasteiger partial charge in [0.2, 0.25) is 0 Å². The zero-order chi connectivity index (χ0) is 13.0. The largest absolute Gasteiger partial charge is 0.357 e. The van der Waals surface area contributed by atoms with Crippen LogP contribution in [0.3, 0.4) is 0 Å². The summed E-state index contributed by atoms with van der Waals surface area (Å²) in [5.41, 5.74) is 2.30. The Labute approximate surface area is 99.7 Å². The predicted octanol–water partition coefficient (Wildman–Crippen LogP) is 1.51. The van der Waals surface area contributed by atoms with Crippen molar-refractivity contribution >= 4 is 17.3 Å². The van der Waals surface area contributed by atoms with Gasteiger partial charge in [0.15, 0.2) is 0 Å². The van der Waals surface area contributed by atoms with E-state index in [1.54, 1.807) is 0 Å². The number of nitrogens with two attached hydrogens (primary N) is 1. The zero-order valence-electron chi connectivity index (χ0n) is 10.2. The highest BCUT2D eigenvalue weighted by Crippen LogP contribution is 2.23. The fraction of sp³-hybridized carbons (Fsp3) is 0.500. The summed E-state index contributed by atoms with van der Waals surface area (Å²) in [7, 11) is 1.85. The monoisotopic (exact) mass is 239 g/mol. The van der Waals surface area contributed by atoms with E-state index in [0.717, 1.165) is 6.42 Å². The second kappa shape index (κ2) is 5.44. The molecule has 17 heavy (non-hydrogen) atoms. The van der Waals surface area contributed by atoms with E-state index in [-0.39, 0.29) is 17.5 Å². The molecule has 1 aromatic rings. The first-order chi connectivity index (χ1) is 7.99. The smallest absolute Gasteiger partial charge is 0.276 e. The van der Waals surface area contributed by atoms with Gasteiger partial charge in [-0.2, -0.15) is 0 Å². The van der Waals surface area contributed by atoms with Crippen LogP contribution in [0.1, 0.15) is 20.3 Å². The third-order valence-electron chi connectivity index (χ3n) is 2.77. The van der Waals surface area contributed by atoms with E-state index in [1.807, 2.05) is 25.8 Å². The van der Waals surface area contributed by atoms with Gasteiger partial charge in [-0.25, -0.2) is 10.8 Å². The van der Waals surface area contributed by atoms with E-state index in [0.29, 0.717) is 5.82 Å². The predicted molar refractivity (Wildman–Crippen MR) is 66.9 cm³/mol. The van der Waals surface area contributed by atoms with Gasteiger partial charge in [0.05, 0.1) is 17.1 Å². The first-order valence-electron chi connectivity index (χ1n) is 5.35. The van der Waals surface area contributed by atoms with Crippen LogP contribution in [-0.4, -0.2) is 23.0 Å². The number of nitrogen functional groups attached to an aromatic ring is 1. The summed E-state index contributed by atoms with van der Waals surface area (Å²) in [5, 5.41) is 10.8. The maximum absolute atomic E-state index is 10.8. The number of anilines is 2. The molecule has 0 saturated carbocycles. The number of nitrogens with one attached hydrogen (secondary N) is 1. The molecule has 0 saturated heterocycles. The third kappa shape index (κ3) is 3.04. The van der Waals surface area contributed by atoms with Crippen molar-refractivity contribution in [3.63, 3.8) is 0 Å². The summed E-state index contributed by atoms with van der Waals surface area (Å²) >= 11 is 0. The molecule has 1 heterocycles.